The average molecular weight is 277 g/mol. The van der Waals surface area contributed by atoms with E-state index >= 15 is 0 Å². The first-order chi connectivity index (χ1) is 10.3. The molecule has 0 amide bonds. The summed E-state index contributed by atoms with van der Waals surface area (Å²) in [6, 6.07) is 17.1. The van der Waals surface area contributed by atoms with Crippen LogP contribution in [0.4, 0.5) is 0 Å². The Hall–Kier alpha value is -1.60. The maximum Gasteiger partial charge on any atom is 0.0328 e. The average Bonchev–Trinajstić information content (AvgIpc) is 2.89. The predicted molar refractivity (Wildman–Crippen MR) is 87.6 cm³/mol. The molecule has 2 aliphatic carbocycles. The molecule has 0 saturated carbocycles. The smallest absolute Gasteiger partial charge is 0.0328 e. The highest BCUT2D eigenvalue weighted by atomic mass is 15.0. The van der Waals surface area contributed by atoms with Crippen molar-refractivity contribution in [2.45, 2.75) is 51.1 Å². The molecular weight excluding hydrogens is 254 g/mol. The molecule has 21 heavy (non-hydrogen) atoms. The van der Waals surface area contributed by atoms with Gasteiger partial charge in [-0.25, -0.2) is 0 Å². The molecule has 0 saturated heterocycles. The lowest BCUT2D eigenvalue weighted by Crippen LogP contribution is -2.36. The molecule has 2 aromatic rings. The van der Waals surface area contributed by atoms with E-state index in [0.717, 1.165) is 0 Å². The molecule has 0 aromatic heterocycles. The van der Waals surface area contributed by atoms with Crippen LogP contribution in [0.5, 0.6) is 0 Å². The van der Waals surface area contributed by atoms with Gasteiger partial charge in [0.1, 0.15) is 0 Å². The molecule has 4 rings (SSSR count). The van der Waals surface area contributed by atoms with Gasteiger partial charge >= 0.3 is 0 Å². The van der Waals surface area contributed by atoms with E-state index in [4.69, 9.17) is 0 Å². The lowest BCUT2D eigenvalue weighted by atomic mass is 9.87. The summed E-state index contributed by atoms with van der Waals surface area (Å²) in [5, 5.41) is 3.94. The van der Waals surface area contributed by atoms with Gasteiger partial charge in [-0.2, -0.15) is 0 Å². The van der Waals surface area contributed by atoms with Gasteiger partial charge in [-0.1, -0.05) is 48.0 Å². The summed E-state index contributed by atoms with van der Waals surface area (Å²) in [5.41, 5.74) is 7.58. The largest absolute Gasteiger partial charge is 0.307 e. The lowest BCUT2D eigenvalue weighted by Gasteiger charge is -2.28. The Bertz CT molecular complexity index is 659. The quantitative estimate of drug-likeness (QED) is 0.870. The van der Waals surface area contributed by atoms with Crippen LogP contribution >= 0.6 is 0 Å². The summed E-state index contributed by atoms with van der Waals surface area (Å²) < 4.78 is 0. The van der Waals surface area contributed by atoms with Gasteiger partial charge in [0, 0.05) is 12.1 Å². The van der Waals surface area contributed by atoms with Crippen LogP contribution in [0.25, 0.3) is 0 Å². The second-order valence-electron chi connectivity index (χ2n) is 6.67. The molecule has 108 valence electrons. The highest BCUT2D eigenvalue weighted by molar-refractivity contribution is 5.38. The first-order valence-corrected chi connectivity index (χ1v) is 8.22. The molecule has 0 spiro atoms. The van der Waals surface area contributed by atoms with E-state index in [0.29, 0.717) is 12.1 Å². The summed E-state index contributed by atoms with van der Waals surface area (Å²) in [5.74, 6) is 0. The predicted octanol–water partition coefficient (Wildman–Crippen LogP) is 4.13. The van der Waals surface area contributed by atoms with Crippen LogP contribution in [-0.2, 0) is 19.3 Å². The molecule has 1 N–H and O–H groups in total. The lowest BCUT2D eigenvalue weighted by molar-refractivity contribution is 0.397. The number of fused-ring (bicyclic) bond motifs is 2. The minimum Gasteiger partial charge on any atom is -0.307 e. The third-order valence-corrected chi connectivity index (χ3v) is 5.16. The van der Waals surface area contributed by atoms with Crippen molar-refractivity contribution in [2.75, 3.05) is 0 Å². The molecule has 1 heteroatoms. The van der Waals surface area contributed by atoms with E-state index in [-0.39, 0.29) is 0 Å². The Labute approximate surface area is 127 Å². The standard InChI is InChI=1S/C20H23N/c1-14-6-7-16-9-11-20(19(16)12-14)21-18-10-8-15-4-2-3-5-17(15)13-18/h2-7,12,18,20-21H,8-11,13H2,1H3. The number of rotatable bonds is 2. The Morgan fingerprint density at radius 1 is 0.905 bits per heavy atom. The minimum atomic E-state index is 0.565. The molecule has 2 aromatic carbocycles. The molecule has 0 aliphatic heterocycles. The molecule has 1 nitrogen and oxygen atoms in total. The second-order valence-corrected chi connectivity index (χ2v) is 6.67. The Morgan fingerprint density at radius 2 is 1.71 bits per heavy atom. The van der Waals surface area contributed by atoms with Crippen molar-refractivity contribution in [3.05, 3.63) is 70.3 Å². The highest BCUT2D eigenvalue weighted by Gasteiger charge is 2.26. The van der Waals surface area contributed by atoms with E-state index in [1.807, 2.05) is 0 Å². The molecule has 0 fully saturated rings. The number of benzene rings is 2. The third kappa shape index (κ3) is 2.51. The summed E-state index contributed by atoms with van der Waals surface area (Å²) >= 11 is 0. The minimum absolute atomic E-state index is 0.565. The molecule has 0 radical (unpaired) electrons. The summed E-state index contributed by atoms with van der Waals surface area (Å²) in [6.07, 6.45) is 6.18. The molecular formula is C20H23N. The summed E-state index contributed by atoms with van der Waals surface area (Å²) in [4.78, 5) is 0. The van der Waals surface area contributed by atoms with E-state index in [9.17, 15) is 0 Å². The van der Waals surface area contributed by atoms with Gasteiger partial charge in [0.2, 0.25) is 0 Å². The van der Waals surface area contributed by atoms with Gasteiger partial charge in [-0.15, -0.1) is 0 Å². The summed E-state index contributed by atoms with van der Waals surface area (Å²) in [7, 11) is 0. The van der Waals surface area contributed by atoms with Gasteiger partial charge < -0.3 is 5.32 Å². The van der Waals surface area contributed by atoms with Gasteiger partial charge in [0.05, 0.1) is 0 Å². The SMILES string of the molecule is Cc1ccc2c(c1)C(NC1CCc3ccccc3C1)CC2. The van der Waals surface area contributed by atoms with Gasteiger partial charge in [-0.3, -0.25) is 0 Å². The third-order valence-electron chi connectivity index (χ3n) is 5.16. The van der Waals surface area contributed by atoms with Crippen molar-refractivity contribution in [3.8, 4) is 0 Å². The van der Waals surface area contributed by atoms with Gasteiger partial charge in [-0.05, 0) is 61.3 Å². The molecule has 0 heterocycles. The molecule has 2 unspecified atom stereocenters. The zero-order chi connectivity index (χ0) is 14.2. The fourth-order valence-corrected chi connectivity index (χ4v) is 4.02. The molecule has 0 bridgehead atoms. The number of hydrogen-bond donors (Lipinski definition) is 1. The highest BCUT2D eigenvalue weighted by Crippen LogP contribution is 2.33. The van der Waals surface area contributed by atoms with Crippen LogP contribution in [0.15, 0.2) is 42.5 Å². The maximum absolute atomic E-state index is 3.94. The maximum atomic E-state index is 3.94. The van der Waals surface area contributed by atoms with Crippen LogP contribution in [0, 0.1) is 6.92 Å². The number of aryl methyl sites for hydroxylation is 3. The van der Waals surface area contributed by atoms with Gasteiger partial charge in [0.15, 0.2) is 0 Å². The van der Waals surface area contributed by atoms with Crippen LogP contribution in [-0.4, -0.2) is 6.04 Å². The van der Waals surface area contributed by atoms with Crippen LogP contribution in [0.2, 0.25) is 0 Å². The van der Waals surface area contributed by atoms with E-state index < -0.39 is 0 Å². The van der Waals surface area contributed by atoms with Crippen molar-refractivity contribution < 1.29 is 0 Å². The van der Waals surface area contributed by atoms with Crippen LogP contribution < -0.4 is 5.32 Å². The Morgan fingerprint density at radius 3 is 2.62 bits per heavy atom. The van der Waals surface area contributed by atoms with Crippen LogP contribution in [0.3, 0.4) is 0 Å². The zero-order valence-electron chi connectivity index (χ0n) is 12.7. The van der Waals surface area contributed by atoms with E-state index in [2.05, 4.69) is 54.7 Å². The van der Waals surface area contributed by atoms with Crippen molar-refractivity contribution in [3.63, 3.8) is 0 Å². The fraction of sp³-hybridized carbons (Fsp3) is 0.400. The number of hydrogen-bond acceptors (Lipinski definition) is 1. The Kier molecular flexibility index (Phi) is 3.31. The fourth-order valence-electron chi connectivity index (χ4n) is 4.02. The van der Waals surface area contributed by atoms with Crippen molar-refractivity contribution in [2.24, 2.45) is 0 Å². The summed E-state index contributed by atoms with van der Waals surface area (Å²) in [6.45, 7) is 2.20. The van der Waals surface area contributed by atoms with Crippen LogP contribution in [0.1, 0.15) is 46.7 Å². The number of nitrogens with one attached hydrogen (secondary N) is 1. The molecule has 2 aliphatic rings. The molecule has 2 atom stereocenters. The zero-order valence-corrected chi connectivity index (χ0v) is 12.7. The van der Waals surface area contributed by atoms with E-state index in [1.54, 1.807) is 22.3 Å². The topological polar surface area (TPSA) is 12.0 Å². The van der Waals surface area contributed by atoms with Gasteiger partial charge in [0.25, 0.3) is 0 Å². The van der Waals surface area contributed by atoms with Crippen molar-refractivity contribution >= 4 is 0 Å². The van der Waals surface area contributed by atoms with Crippen molar-refractivity contribution in [1.82, 2.24) is 5.32 Å². The first-order valence-electron chi connectivity index (χ1n) is 8.22. The first kappa shape index (κ1) is 13.1. The normalized spacial score (nSPS) is 23.7. The Balaban J connectivity index is 1.51. The van der Waals surface area contributed by atoms with Crippen molar-refractivity contribution in [1.29, 1.82) is 0 Å². The van der Waals surface area contributed by atoms with E-state index in [1.165, 1.54) is 37.7 Å². The monoisotopic (exact) mass is 277 g/mol. The second kappa shape index (κ2) is 5.31.